The van der Waals surface area contributed by atoms with Crippen LogP contribution < -0.4 is 4.74 Å². The number of aliphatic hydroxyl groups is 1. The molecule has 3 nitrogen and oxygen atoms in total. The number of aromatic hydroxyl groups is 1. The maximum Gasteiger partial charge on any atom is 0.164 e. The van der Waals surface area contributed by atoms with E-state index in [0.717, 1.165) is 6.07 Å². The third kappa shape index (κ3) is 1.76. The minimum absolute atomic E-state index is 0.00440. The Morgan fingerprint density at radius 1 is 1.62 bits per heavy atom. The number of halogens is 2. The van der Waals surface area contributed by atoms with Crippen LogP contribution in [0.1, 0.15) is 5.56 Å². The van der Waals surface area contributed by atoms with Crippen molar-refractivity contribution >= 4 is 15.9 Å². The van der Waals surface area contributed by atoms with Crippen LogP contribution in [0.25, 0.3) is 0 Å². The molecule has 5 heteroatoms. The van der Waals surface area contributed by atoms with Crippen LogP contribution >= 0.6 is 15.9 Å². The highest BCUT2D eigenvalue weighted by molar-refractivity contribution is 9.10. The fourth-order valence-electron chi connectivity index (χ4n) is 0.944. The number of ether oxygens (including phenoxy) is 1. The highest BCUT2D eigenvalue weighted by Gasteiger charge is 2.15. The number of aliphatic hydroxyl groups excluding tert-OH is 1. The van der Waals surface area contributed by atoms with Crippen molar-refractivity contribution in [1.82, 2.24) is 0 Å². The Morgan fingerprint density at radius 2 is 2.23 bits per heavy atom. The molecule has 0 aliphatic carbocycles. The van der Waals surface area contributed by atoms with E-state index in [9.17, 15) is 9.50 Å². The molecule has 1 aromatic rings. The van der Waals surface area contributed by atoms with Gasteiger partial charge in [-0.05, 0) is 15.9 Å². The molecular weight excluding hydrogens is 243 g/mol. The predicted octanol–water partition coefficient (Wildman–Crippen LogP) is 1.79. The molecule has 1 aromatic carbocycles. The molecule has 0 spiro atoms. The van der Waals surface area contributed by atoms with Gasteiger partial charge >= 0.3 is 0 Å². The fraction of sp³-hybridized carbons (Fsp3) is 0.250. The SMILES string of the molecule is COc1cc(F)c(Br)c(CO)c1O. The van der Waals surface area contributed by atoms with Crippen LogP contribution in [0.15, 0.2) is 10.5 Å². The summed E-state index contributed by atoms with van der Waals surface area (Å²) in [7, 11) is 1.31. The minimum atomic E-state index is -0.585. The van der Waals surface area contributed by atoms with E-state index in [1.54, 1.807) is 0 Å². The summed E-state index contributed by atoms with van der Waals surface area (Å²) in [5, 5.41) is 18.2. The smallest absolute Gasteiger partial charge is 0.164 e. The topological polar surface area (TPSA) is 49.7 Å². The molecule has 0 heterocycles. The second-order valence-corrected chi connectivity index (χ2v) is 3.15. The second-order valence-electron chi connectivity index (χ2n) is 2.36. The van der Waals surface area contributed by atoms with E-state index >= 15 is 0 Å². The number of benzene rings is 1. The Bertz CT molecular complexity index is 328. The van der Waals surface area contributed by atoms with E-state index < -0.39 is 12.4 Å². The molecule has 0 bridgehead atoms. The van der Waals surface area contributed by atoms with Crippen molar-refractivity contribution in [3.8, 4) is 11.5 Å². The molecule has 0 atom stereocenters. The number of hydrogen-bond donors (Lipinski definition) is 2. The number of methoxy groups -OCH3 is 1. The average Bonchev–Trinajstić information content (AvgIpc) is 2.12. The van der Waals surface area contributed by atoms with Crippen LogP contribution in [-0.4, -0.2) is 17.3 Å². The Labute approximate surface area is 82.9 Å². The molecular formula is C8H8BrFO3. The van der Waals surface area contributed by atoms with Crippen molar-refractivity contribution in [2.24, 2.45) is 0 Å². The molecule has 0 fully saturated rings. The molecule has 0 aliphatic heterocycles. The van der Waals surface area contributed by atoms with Gasteiger partial charge in [0.15, 0.2) is 11.5 Å². The van der Waals surface area contributed by atoms with Gasteiger partial charge in [-0.2, -0.15) is 0 Å². The van der Waals surface area contributed by atoms with Crippen LogP contribution in [0.4, 0.5) is 4.39 Å². The summed E-state index contributed by atoms with van der Waals surface area (Å²) >= 11 is 2.90. The zero-order valence-electron chi connectivity index (χ0n) is 6.84. The zero-order valence-corrected chi connectivity index (χ0v) is 8.43. The third-order valence-electron chi connectivity index (χ3n) is 1.63. The quantitative estimate of drug-likeness (QED) is 0.842. The molecule has 0 saturated carbocycles. The van der Waals surface area contributed by atoms with E-state index in [4.69, 9.17) is 9.84 Å². The first-order valence-electron chi connectivity index (χ1n) is 3.46. The molecule has 13 heavy (non-hydrogen) atoms. The monoisotopic (exact) mass is 250 g/mol. The summed E-state index contributed by atoms with van der Waals surface area (Å²) in [6.07, 6.45) is 0. The van der Waals surface area contributed by atoms with E-state index in [-0.39, 0.29) is 21.5 Å². The average molecular weight is 251 g/mol. The highest BCUT2D eigenvalue weighted by atomic mass is 79.9. The Kier molecular flexibility index (Phi) is 3.11. The summed E-state index contributed by atoms with van der Waals surface area (Å²) in [6.45, 7) is -0.458. The molecule has 72 valence electrons. The van der Waals surface area contributed by atoms with Crippen molar-refractivity contribution in [1.29, 1.82) is 0 Å². The van der Waals surface area contributed by atoms with Gasteiger partial charge in [-0.3, -0.25) is 0 Å². The van der Waals surface area contributed by atoms with Gasteiger partial charge in [0, 0.05) is 11.6 Å². The summed E-state index contributed by atoms with van der Waals surface area (Å²) in [6, 6.07) is 1.04. The number of hydrogen-bond acceptors (Lipinski definition) is 3. The van der Waals surface area contributed by atoms with E-state index in [1.807, 2.05) is 0 Å². The molecule has 0 radical (unpaired) electrons. The van der Waals surface area contributed by atoms with Crippen molar-refractivity contribution in [2.45, 2.75) is 6.61 Å². The van der Waals surface area contributed by atoms with Gasteiger partial charge in [0.1, 0.15) is 5.82 Å². The van der Waals surface area contributed by atoms with Crippen LogP contribution in [0, 0.1) is 5.82 Å². The van der Waals surface area contributed by atoms with Gasteiger partial charge in [0.2, 0.25) is 0 Å². The van der Waals surface area contributed by atoms with Crippen molar-refractivity contribution in [2.75, 3.05) is 7.11 Å². The van der Waals surface area contributed by atoms with Crippen LogP contribution in [0.5, 0.6) is 11.5 Å². The molecule has 0 aromatic heterocycles. The lowest BCUT2D eigenvalue weighted by atomic mass is 10.2. The molecule has 0 aliphatic rings. The molecule has 0 saturated heterocycles. The second kappa shape index (κ2) is 3.93. The lowest BCUT2D eigenvalue weighted by Gasteiger charge is -2.09. The normalized spacial score (nSPS) is 10.2. The summed E-state index contributed by atoms with van der Waals surface area (Å²) in [5.74, 6) is -0.832. The largest absolute Gasteiger partial charge is 0.504 e. The molecule has 2 N–H and O–H groups in total. The maximum absolute atomic E-state index is 13.0. The Balaban J connectivity index is 3.39. The predicted molar refractivity (Wildman–Crippen MR) is 48.2 cm³/mol. The van der Waals surface area contributed by atoms with Crippen LogP contribution in [0.2, 0.25) is 0 Å². The molecule has 0 unspecified atom stereocenters. The van der Waals surface area contributed by atoms with Crippen molar-refractivity contribution < 1.29 is 19.3 Å². The minimum Gasteiger partial charge on any atom is -0.504 e. The van der Waals surface area contributed by atoms with Gasteiger partial charge < -0.3 is 14.9 Å². The van der Waals surface area contributed by atoms with Crippen molar-refractivity contribution in [3.05, 3.63) is 21.9 Å². The fourth-order valence-corrected chi connectivity index (χ4v) is 1.37. The first-order valence-corrected chi connectivity index (χ1v) is 4.25. The summed E-state index contributed by atoms with van der Waals surface area (Å²) in [5.41, 5.74) is 0.0804. The van der Waals surface area contributed by atoms with Gasteiger partial charge in [-0.25, -0.2) is 4.39 Å². The number of rotatable bonds is 2. The van der Waals surface area contributed by atoms with Crippen molar-refractivity contribution in [3.63, 3.8) is 0 Å². The lowest BCUT2D eigenvalue weighted by molar-refractivity contribution is 0.270. The summed E-state index contributed by atoms with van der Waals surface area (Å²) < 4.78 is 17.8. The van der Waals surface area contributed by atoms with Crippen LogP contribution in [0.3, 0.4) is 0 Å². The third-order valence-corrected chi connectivity index (χ3v) is 2.49. The van der Waals surface area contributed by atoms with Crippen LogP contribution in [-0.2, 0) is 6.61 Å². The molecule has 1 rings (SSSR count). The van der Waals surface area contributed by atoms with E-state index in [1.165, 1.54) is 7.11 Å². The maximum atomic E-state index is 13.0. The van der Waals surface area contributed by atoms with E-state index in [0.29, 0.717) is 0 Å². The van der Waals surface area contributed by atoms with Gasteiger partial charge in [0.05, 0.1) is 18.2 Å². The summed E-state index contributed by atoms with van der Waals surface area (Å²) in [4.78, 5) is 0. The number of phenols is 1. The molecule has 0 amide bonds. The van der Waals surface area contributed by atoms with E-state index in [2.05, 4.69) is 15.9 Å². The zero-order chi connectivity index (χ0) is 10.0. The highest BCUT2D eigenvalue weighted by Crippen LogP contribution is 2.36. The Hall–Kier alpha value is -0.810. The van der Waals surface area contributed by atoms with Gasteiger partial charge in [-0.15, -0.1) is 0 Å². The first-order chi connectivity index (χ1) is 6.11. The van der Waals surface area contributed by atoms with Gasteiger partial charge in [0.25, 0.3) is 0 Å². The lowest BCUT2D eigenvalue weighted by Crippen LogP contribution is -1.94. The standard InChI is InChI=1S/C8H8BrFO3/c1-13-6-2-5(10)7(9)4(3-11)8(6)12/h2,11-12H,3H2,1H3. The Morgan fingerprint density at radius 3 is 2.69 bits per heavy atom. The first kappa shape index (κ1) is 10.3. The van der Waals surface area contributed by atoms with Gasteiger partial charge in [-0.1, -0.05) is 0 Å².